The molecule has 128 valence electrons. The first-order valence-corrected chi connectivity index (χ1v) is 8.60. The number of ether oxygens (including phenoxy) is 1. The first-order chi connectivity index (χ1) is 12.1. The van der Waals surface area contributed by atoms with Crippen molar-refractivity contribution in [2.75, 3.05) is 13.2 Å². The molecule has 0 fully saturated rings. The predicted octanol–water partition coefficient (Wildman–Crippen LogP) is 3.42. The summed E-state index contributed by atoms with van der Waals surface area (Å²) in [5, 5.41) is 0.646. The van der Waals surface area contributed by atoms with Crippen molar-refractivity contribution < 1.29 is 9.53 Å². The molecule has 1 aromatic heterocycles. The van der Waals surface area contributed by atoms with E-state index in [1.807, 2.05) is 52.8 Å². The Balaban J connectivity index is 1.59. The van der Waals surface area contributed by atoms with E-state index in [1.54, 1.807) is 6.07 Å². The minimum absolute atomic E-state index is 0.0441. The van der Waals surface area contributed by atoms with Gasteiger partial charge in [-0.3, -0.25) is 4.79 Å². The molecule has 0 radical (unpaired) electrons. The Bertz CT molecular complexity index is 951. The Kier molecular flexibility index (Phi) is 4.09. The minimum atomic E-state index is 0.0441. The van der Waals surface area contributed by atoms with E-state index in [2.05, 4.69) is 4.98 Å². The summed E-state index contributed by atoms with van der Waals surface area (Å²) in [5.41, 5.74) is 2.82. The number of aromatic nitrogens is 2. The predicted molar refractivity (Wildman–Crippen MR) is 96.8 cm³/mol. The normalized spacial score (nSPS) is 14.1. The maximum absolute atomic E-state index is 12.9. The molecule has 2 heterocycles. The lowest BCUT2D eigenvalue weighted by Crippen LogP contribution is -2.35. The van der Waals surface area contributed by atoms with Crippen LogP contribution in [0.3, 0.4) is 0 Å². The first-order valence-electron chi connectivity index (χ1n) is 8.23. The lowest BCUT2D eigenvalue weighted by Gasteiger charge is -2.20. The Morgan fingerprint density at radius 2 is 2.12 bits per heavy atom. The standard InChI is InChI=1S/C19H18ClN3O2/c1-13-21-16-4-2-3-5-17(16)23(13)12-19(24)22-8-9-25-18-7-6-15(20)10-14(18)11-22/h2-7,10H,8-9,11-12H2,1H3. The van der Waals surface area contributed by atoms with Crippen LogP contribution in [-0.4, -0.2) is 33.5 Å². The third kappa shape index (κ3) is 3.07. The summed E-state index contributed by atoms with van der Waals surface area (Å²) in [5.74, 6) is 1.68. The van der Waals surface area contributed by atoms with Gasteiger partial charge in [0.25, 0.3) is 0 Å². The van der Waals surface area contributed by atoms with Crippen molar-refractivity contribution in [1.82, 2.24) is 14.5 Å². The number of benzene rings is 2. The molecule has 0 bridgehead atoms. The Morgan fingerprint density at radius 1 is 1.28 bits per heavy atom. The van der Waals surface area contributed by atoms with Gasteiger partial charge >= 0.3 is 0 Å². The fourth-order valence-corrected chi connectivity index (χ4v) is 3.40. The number of amides is 1. The van der Waals surface area contributed by atoms with Crippen molar-refractivity contribution in [3.63, 3.8) is 0 Å². The molecule has 1 aliphatic rings. The van der Waals surface area contributed by atoms with Crippen LogP contribution < -0.4 is 4.74 Å². The van der Waals surface area contributed by atoms with Crippen molar-refractivity contribution >= 4 is 28.5 Å². The number of para-hydroxylation sites is 2. The summed E-state index contributed by atoms with van der Waals surface area (Å²) in [6, 6.07) is 13.4. The van der Waals surface area contributed by atoms with Crippen molar-refractivity contribution in [3.05, 3.63) is 58.9 Å². The monoisotopic (exact) mass is 355 g/mol. The van der Waals surface area contributed by atoms with Crippen LogP contribution in [0.1, 0.15) is 11.4 Å². The second-order valence-corrected chi connectivity index (χ2v) is 6.59. The Hall–Kier alpha value is -2.53. The quantitative estimate of drug-likeness (QED) is 0.707. The minimum Gasteiger partial charge on any atom is -0.491 e. The number of halogens is 1. The molecule has 25 heavy (non-hydrogen) atoms. The van der Waals surface area contributed by atoms with Gasteiger partial charge in [-0.25, -0.2) is 4.98 Å². The third-order valence-corrected chi connectivity index (χ3v) is 4.73. The zero-order valence-corrected chi connectivity index (χ0v) is 14.7. The molecular formula is C19H18ClN3O2. The van der Waals surface area contributed by atoms with Gasteiger partial charge in [-0.2, -0.15) is 0 Å². The molecule has 0 aliphatic carbocycles. The molecule has 2 aromatic carbocycles. The van der Waals surface area contributed by atoms with Crippen LogP contribution in [0.4, 0.5) is 0 Å². The number of fused-ring (bicyclic) bond motifs is 2. The van der Waals surface area contributed by atoms with Crippen LogP contribution in [0, 0.1) is 6.92 Å². The molecule has 1 aliphatic heterocycles. The number of carbonyl (C=O) groups excluding carboxylic acids is 1. The van der Waals surface area contributed by atoms with Gasteiger partial charge in [0.05, 0.1) is 17.6 Å². The lowest BCUT2D eigenvalue weighted by molar-refractivity contribution is -0.132. The van der Waals surface area contributed by atoms with E-state index in [-0.39, 0.29) is 12.5 Å². The lowest BCUT2D eigenvalue weighted by atomic mass is 10.2. The fraction of sp³-hybridized carbons (Fsp3) is 0.263. The molecule has 1 amide bonds. The summed E-state index contributed by atoms with van der Waals surface area (Å²) < 4.78 is 7.70. The summed E-state index contributed by atoms with van der Waals surface area (Å²) in [6.07, 6.45) is 0. The van der Waals surface area contributed by atoms with Crippen molar-refractivity contribution in [2.45, 2.75) is 20.0 Å². The molecule has 4 rings (SSSR count). The number of carbonyl (C=O) groups is 1. The number of hydrogen-bond donors (Lipinski definition) is 0. The number of imidazole rings is 1. The van der Waals surface area contributed by atoms with E-state index in [0.29, 0.717) is 24.7 Å². The molecular weight excluding hydrogens is 338 g/mol. The molecule has 6 heteroatoms. The summed E-state index contributed by atoms with van der Waals surface area (Å²) in [4.78, 5) is 19.2. The largest absolute Gasteiger partial charge is 0.491 e. The van der Waals surface area contributed by atoms with Gasteiger partial charge in [-0.05, 0) is 37.3 Å². The highest BCUT2D eigenvalue weighted by molar-refractivity contribution is 6.30. The Labute approximate surface area is 150 Å². The second kappa shape index (κ2) is 6.41. The second-order valence-electron chi connectivity index (χ2n) is 6.15. The maximum atomic E-state index is 12.9. The van der Waals surface area contributed by atoms with E-state index >= 15 is 0 Å². The van der Waals surface area contributed by atoms with Crippen LogP contribution in [0.25, 0.3) is 11.0 Å². The van der Waals surface area contributed by atoms with E-state index in [0.717, 1.165) is 28.2 Å². The van der Waals surface area contributed by atoms with Crippen LogP contribution >= 0.6 is 11.6 Å². The zero-order chi connectivity index (χ0) is 17.4. The SMILES string of the molecule is Cc1nc2ccccc2n1CC(=O)N1CCOc2ccc(Cl)cc2C1. The van der Waals surface area contributed by atoms with Gasteiger partial charge in [0.1, 0.15) is 24.7 Å². The van der Waals surface area contributed by atoms with E-state index in [4.69, 9.17) is 16.3 Å². The van der Waals surface area contributed by atoms with E-state index in [1.165, 1.54) is 0 Å². The highest BCUT2D eigenvalue weighted by Crippen LogP contribution is 2.26. The maximum Gasteiger partial charge on any atom is 0.242 e. The summed E-state index contributed by atoms with van der Waals surface area (Å²) >= 11 is 6.09. The van der Waals surface area contributed by atoms with Crippen molar-refractivity contribution in [3.8, 4) is 5.75 Å². The molecule has 0 atom stereocenters. The third-order valence-electron chi connectivity index (χ3n) is 4.49. The van der Waals surface area contributed by atoms with Crippen LogP contribution in [0.15, 0.2) is 42.5 Å². The molecule has 0 saturated carbocycles. The smallest absolute Gasteiger partial charge is 0.242 e. The number of hydrogen-bond acceptors (Lipinski definition) is 3. The molecule has 0 unspecified atom stereocenters. The number of rotatable bonds is 2. The van der Waals surface area contributed by atoms with Gasteiger partial charge in [-0.1, -0.05) is 23.7 Å². The van der Waals surface area contributed by atoms with Crippen molar-refractivity contribution in [2.24, 2.45) is 0 Å². The van der Waals surface area contributed by atoms with Gasteiger partial charge in [-0.15, -0.1) is 0 Å². The molecule has 0 spiro atoms. The van der Waals surface area contributed by atoms with Crippen LogP contribution in [0.2, 0.25) is 5.02 Å². The van der Waals surface area contributed by atoms with Crippen LogP contribution in [-0.2, 0) is 17.9 Å². The number of aryl methyl sites for hydroxylation is 1. The van der Waals surface area contributed by atoms with Crippen molar-refractivity contribution in [1.29, 1.82) is 0 Å². The molecule has 0 N–H and O–H groups in total. The highest BCUT2D eigenvalue weighted by atomic mass is 35.5. The highest BCUT2D eigenvalue weighted by Gasteiger charge is 2.21. The van der Waals surface area contributed by atoms with Gasteiger partial charge < -0.3 is 14.2 Å². The molecule has 5 nitrogen and oxygen atoms in total. The fourth-order valence-electron chi connectivity index (χ4n) is 3.21. The summed E-state index contributed by atoms with van der Waals surface area (Å²) in [6.45, 7) is 3.72. The topological polar surface area (TPSA) is 47.4 Å². The van der Waals surface area contributed by atoms with Gasteiger partial charge in [0.2, 0.25) is 5.91 Å². The van der Waals surface area contributed by atoms with Gasteiger partial charge in [0.15, 0.2) is 0 Å². The average Bonchev–Trinajstić information content (AvgIpc) is 2.78. The van der Waals surface area contributed by atoms with E-state index < -0.39 is 0 Å². The number of nitrogens with zero attached hydrogens (tertiary/aromatic N) is 3. The average molecular weight is 356 g/mol. The van der Waals surface area contributed by atoms with Gasteiger partial charge in [0, 0.05) is 17.1 Å². The molecule has 0 saturated heterocycles. The summed E-state index contributed by atoms with van der Waals surface area (Å²) in [7, 11) is 0. The Morgan fingerprint density at radius 3 is 3.00 bits per heavy atom. The zero-order valence-electron chi connectivity index (χ0n) is 13.9. The first kappa shape index (κ1) is 16.0. The molecule has 3 aromatic rings. The van der Waals surface area contributed by atoms with Crippen LogP contribution in [0.5, 0.6) is 5.75 Å². The van der Waals surface area contributed by atoms with E-state index in [9.17, 15) is 4.79 Å².